The van der Waals surface area contributed by atoms with Gasteiger partial charge in [0.1, 0.15) is 11.5 Å². The van der Waals surface area contributed by atoms with E-state index < -0.39 is 29.2 Å². The molecule has 1 heterocycles. The van der Waals surface area contributed by atoms with Crippen LogP contribution in [0.25, 0.3) is 5.69 Å². The molecule has 1 amide bonds. The van der Waals surface area contributed by atoms with Crippen molar-refractivity contribution in [2.24, 2.45) is 0 Å². The number of halogens is 5. The van der Waals surface area contributed by atoms with E-state index in [0.29, 0.717) is 11.2 Å². The molecule has 5 nitrogen and oxygen atoms in total. The Balaban J connectivity index is 0.00000312. The average molecular weight is 381 g/mol. The Labute approximate surface area is 148 Å². The quantitative estimate of drug-likeness (QED) is 0.811. The standard InChI is InChI=1S/C15H16F4N4O.ClH/c1-20-7-8-22(2)14(24)10-9-21-23(13(10)15(17,18)19)12-6-4-3-5-11(12)16;/h3-6,9,20H,7-8H2,1-2H3;1H. The summed E-state index contributed by atoms with van der Waals surface area (Å²) in [4.78, 5) is 13.4. The van der Waals surface area contributed by atoms with Gasteiger partial charge in [0.2, 0.25) is 0 Å². The van der Waals surface area contributed by atoms with Crippen LogP contribution in [0.4, 0.5) is 17.6 Å². The number of nitrogens with zero attached hydrogens (tertiary/aromatic N) is 3. The third-order valence-corrected chi connectivity index (χ3v) is 3.39. The third kappa shape index (κ3) is 4.49. The molecule has 0 radical (unpaired) electrons. The minimum absolute atomic E-state index is 0. The van der Waals surface area contributed by atoms with Gasteiger partial charge in [0.15, 0.2) is 5.69 Å². The van der Waals surface area contributed by atoms with Crippen LogP contribution in [0.1, 0.15) is 16.1 Å². The molecule has 25 heavy (non-hydrogen) atoms. The Kier molecular flexibility index (Phi) is 6.95. The van der Waals surface area contributed by atoms with E-state index in [4.69, 9.17) is 0 Å². The van der Waals surface area contributed by atoms with E-state index in [2.05, 4.69) is 10.4 Å². The first-order valence-electron chi connectivity index (χ1n) is 7.07. The maximum absolute atomic E-state index is 13.8. The first-order chi connectivity index (χ1) is 11.3. The van der Waals surface area contributed by atoms with Crippen LogP contribution in [0, 0.1) is 5.82 Å². The largest absolute Gasteiger partial charge is 0.434 e. The molecule has 1 N–H and O–H groups in total. The fourth-order valence-corrected chi connectivity index (χ4v) is 2.17. The number of benzene rings is 1. The number of carbonyl (C=O) groups excluding carboxylic acids is 1. The molecule has 2 rings (SSSR count). The highest BCUT2D eigenvalue weighted by atomic mass is 35.5. The lowest BCUT2D eigenvalue weighted by Gasteiger charge is -2.18. The maximum Gasteiger partial charge on any atom is 0.434 e. The molecule has 0 aliphatic carbocycles. The number of alkyl halides is 3. The minimum atomic E-state index is -4.87. The zero-order valence-electron chi connectivity index (χ0n) is 13.5. The summed E-state index contributed by atoms with van der Waals surface area (Å²) in [6.45, 7) is 0.641. The highest BCUT2D eigenvalue weighted by Crippen LogP contribution is 2.34. The average Bonchev–Trinajstić information content (AvgIpc) is 2.97. The number of rotatable bonds is 5. The molecule has 138 valence electrons. The predicted octanol–water partition coefficient (Wildman–Crippen LogP) is 2.74. The van der Waals surface area contributed by atoms with Crippen molar-refractivity contribution in [3.63, 3.8) is 0 Å². The smallest absolute Gasteiger partial charge is 0.340 e. The van der Waals surface area contributed by atoms with E-state index in [1.807, 2.05) is 0 Å². The molecule has 0 unspecified atom stereocenters. The van der Waals surface area contributed by atoms with E-state index >= 15 is 0 Å². The van der Waals surface area contributed by atoms with Gasteiger partial charge in [0.25, 0.3) is 5.91 Å². The van der Waals surface area contributed by atoms with Crippen molar-refractivity contribution in [2.45, 2.75) is 6.18 Å². The van der Waals surface area contributed by atoms with E-state index in [9.17, 15) is 22.4 Å². The summed E-state index contributed by atoms with van der Waals surface area (Å²) in [6, 6.07) is 4.93. The molecule has 1 aromatic carbocycles. The highest BCUT2D eigenvalue weighted by Gasteiger charge is 2.41. The van der Waals surface area contributed by atoms with Gasteiger partial charge in [0.05, 0.1) is 11.8 Å². The van der Waals surface area contributed by atoms with Gasteiger partial charge in [-0.3, -0.25) is 4.79 Å². The number of para-hydroxylation sites is 1. The van der Waals surface area contributed by atoms with Gasteiger partial charge in [-0.2, -0.15) is 18.3 Å². The van der Waals surface area contributed by atoms with Gasteiger partial charge >= 0.3 is 6.18 Å². The van der Waals surface area contributed by atoms with Crippen LogP contribution >= 0.6 is 12.4 Å². The first kappa shape index (κ1) is 20.9. The van der Waals surface area contributed by atoms with Crippen LogP contribution in [0.5, 0.6) is 0 Å². The molecular formula is C15H17ClF4N4O. The molecule has 0 bridgehead atoms. The zero-order chi connectivity index (χ0) is 17.9. The maximum atomic E-state index is 13.8. The molecule has 1 aromatic heterocycles. The van der Waals surface area contributed by atoms with E-state index in [-0.39, 0.29) is 24.6 Å². The molecule has 0 aliphatic rings. The van der Waals surface area contributed by atoms with Crippen LogP contribution in [-0.2, 0) is 6.18 Å². The van der Waals surface area contributed by atoms with Crippen molar-refractivity contribution in [1.29, 1.82) is 0 Å². The Morgan fingerprint density at radius 2 is 1.96 bits per heavy atom. The highest BCUT2D eigenvalue weighted by molar-refractivity contribution is 5.95. The second kappa shape index (κ2) is 8.30. The number of amides is 1. The number of aromatic nitrogens is 2. The monoisotopic (exact) mass is 380 g/mol. The molecule has 0 aliphatic heterocycles. The van der Waals surface area contributed by atoms with E-state index in [0.717, 1.165) is 23.2 Å². The van der Waals surface area contributed by atoms with Crippen molar-refractivity contribution in [3.05, 3.63) is 47.5 Å². The Morgan fingerprint density at radius 3 is 2.52 bits per heavy atom. The van der Waals surface area contributed by atoms with Gasteiger partial charge < -0.3 is 10.2 Å². The Morgan fingerprint density at radius 1 is 1.32 bits per heavy atom. The van der Waals surface area contributed by atoms with Crippen LogP contribution in [-0.4, -0.2) is 47.8 Å². The van der Waals surface area contributed by atoms with Crippen molar-refractivity contribution in [1.82, 2.24) is 20.0 Å². The number of hydrogen-bond donors (Lipinski definition) is 1. The molecule has 0 fully saturated rings. The summed E-state index contributed by atoms with van der Waals surface area (Å²) in [7, 11) is 3.05. The van der Waals surface area contributed by atoms with Crippen molar-refractivity contribution >= 4 is 18.3 Å². The summed E-state index contributed by atoms with van der Waals surface area (Å²) in [5, 5.41) is 6.39. The molecule has 2 aromatic rings. The summed E-state index contributed by atoms with van der Waals surface area (Å²) in [5.74, 6) is -1.70. The lowest BCUT2D eigenvalue weighted by atomic mass is 10.2. The number of likely N-dealkylation sites (N-methyl/N-ethyl adjacent to an activating group) is 2. The lowest BCUT2D eigenvalue weighted by molar-refractivity contribution is -0.143. The van der Waals surface area contributed by atoms with Crippen LogP contribution < -0.4 is 5.32 Å². The SMILES string of the molecule is CNCCN(C)C(=O)c1cnn(-c2ccccc2F)c1C(F)(F)F.Cl. The summed E-state index contributed by atoms with van der Waals surface area (Å²) >= 11 is 0. The van der Waals surface area contributed by atoms with Crippen molar-refractivity contribution in [3.8, 4) is 5.69 Å². The number of hydrogen-bond acceptors (Lipinski definition) is 3. The predicted molar refractivity (Wildman–Crippen MR) is 86.7 cm³/mol. The zero-order valence-corrected chi connectivity index (χ0v) is 14.3. The molecular weight excluding hydrogens is 364 g/mol. The van der Waals surface area contributed by atoms with Crippen LogP contribution in [0.2, 0.25) is 0 Å². The summed E-state index contributed by atoms with van der Waals surface area (Å²) < 4.78 is 54.7. The van der Waals surface area contributed by atoms with E-state index in [1.165, 1.54) is 19.2 Å². The second-order valence-corrected chi connectivity index (χ2v) is 5.10. The first-order valence-corrected chi connectivity index (χ1v) is 7.07. The van der Waals surface area contributed by atoms with Gasteiger partial charge in [-0.25, -0.2) is 9.07 Å². The fraction of sp³-hybridized carbons (Fsp3) is 0.333. The summed E-state index contributed by atoms with van der Waals surface area (Å²) in [5.41, 5.74) is -2.29. The van der Waals surface area contributed by atoms with Crippen LogP contribution in [0.15, 0.2) is 30.5 Å². The number of nitrogens with one attached hydrogen (secondary N) is 1. The lowest BCUT2D eigenvalue weighted by Crippen LogP contribution is -2.34. The van der Waals surface area contributed by atoms with Gasteiger partial charge in [-0.1, -0.05) is 12.1 Å². The molecule has 0 spiro atoms. The molecule has 0 saturated carbocycles. The van der Waals surface area contributed by atoms with Crippen molar-refractivity contribution < 1.29 is 22.4 Å². The Hall–Kier alpha value is -2.13. The minimum Gasteiger partial charge on any atom is -0.340 e. The van der Waals surface area contributed by atoms with Gasteiger partial charge in [-0.05, 0) is 19.2 Å². The van der Waals surface area contributed by atoms with Crippen molar-refractivity contribution in [2.75, 3.05) is 27.2 Å². The second-order valence-electron chi connectivity index (χ2n) is 5.10. The van der Waals surface area contributed by atoms with Crippen LogP contribution in [0.3, 0.4) is 0 Å². The number of carbonyl (C=O) groups is 1. The fourth-order valence-electron chi connectivity index (χ4n) is 2.17. The molecule has 0 saturated heterocycles. The molecule has 10 heteroatoms. The summed E-state index contributed by atoms with van der Waals surface area (Å²) in [6.07, 6.45) is -4.05. The Bertz CT molecular complexity index is 733. The van der Waals surface area contributed by atoms with Gasteiger partial charge in [0, 0.05) is 20.1 Å². The van der Waals surface area contributed by atoms with Gasteiger partial charge in [-0.15, -0.1) is 12.4 Å². The van der Waals surface area contributed by atoms with E-state index in [1.54, 1.807) is 7.05 Å². The normalized spacial score (nSPS) is 11.1. The molecule has 0 atom stereocenters. The topological polar surface area (TPSA) is 50.2 Å². The third-order valence-electron chi connectivity index (χ3n) is 3.39.